The van der Waals surface area contributed by atoms with Crippen LogP contribution in [0.1, 0.15) is 32.6 Å². The normalized spacial score (nSPS) is 28.4. The summed E-state index contributed by atoms with van der Waals surface area (Å²) in [4.78, 5) is 30.4. The van der Waals surface area contributed by atoms with E-state index in [1.165, 1.54) is 0 Å². The molecule has 2 aliphatic heterocycles. The highest BCUT2D eigenvalue weighted by Gasteiger charge is 2.42. The largest absolute Gasteiger partial charge is 0.346 e. The highest BCUT2D eigenvalue weighted by atomic mass is 16.2. The number of likely N-dealkylation sites (N-methyl/N-ethyl adjacent to an activating group) is 1. The molecule has 0 aromatic carbocycles. The number of likely N-dealkylation sites (tertiary alicyclic amines) is 1. The molecule has 0 N–H and O–H groups in total. The van der Waals surface area contributed by atoms with Gasteiger partial charge >= 0.3 is 0 Å². The second-order valence-corrected chi connectivity index (χ2v) is 6.30. The Morgan fingerprint density at radius 3 is 2.71 bits per heavy atom. The molecule has 0 radical (unpaired) electrons. The summed E-state index contributed by atoms with van der Waals surface area (Å²) in [6.45, 7) is 5.14. The van der Waals surface area contributed by atoms with Gasteiger partial charge in [-0.1, -0.05) is 12.2 Å². The fourth-order valence-corrected chi connectivity index (χ4v) is 3.32. The second kappa shape index (κ2) is 6.60. The minimum absolute atomic E-state index is 0.0374. The van der Waals surface area contributed by atoms with Gasteiger partial charge in [-0.2, -0.15) is 0 Å². The Morgan fingerprint density at radius 1 is 1.24 bits per heavy atom. The van der Waals surface area contributed by atoms with Gasteiger partial charge in [0.15, 0.2) is 0 Å². The van der Waals surface area contributed by atoms with Gasteiger partial charge in [-0.15, -0.1) is 0 Å². The van der Waals surface area contributed by atoms with Gasteiger partial charge in [0.1, 0.15) is 0 Å². The van der Waals surface area contributed by atoms with Gasteiger partial charge in [-0.05, 0) is 26.8 Å². The number of piperazine rings is 1. The fourth-order valence-electron chi connectivity index (χ4n) is 3.32. The van der Waals surface area contributed by atoms with E-state index in [0.717, 1.165) is 39.0 Å². The van der Waals surface area contributed by atoms with Crippen molar-refractivity contribution in [3.63, 3.8) is 0 Å². The van der Waals surface area contributed by atoms with Crippen LogP contribution in [-0.4, -0.2) is 72.3 Å². The Hall–Kier alpha value is -1.36. The van der Waals surface area contributed by atoms with Gasteiger partial charge in [0.05, 0.1) is 0 Å². The van der Waals surface area contributed by atoms with Crippen LogP contribution in [0.15, 0.2) is 12.2 Å². The maximum Gasteiger partial charge on any atom is 0.226 e. The van der Waals surface area contributed by atoms with E-state index >= 15 is 0 Å². The van der Waals surface area contributed by atoms with Crippen molar-refractivity contribution in [2.45, 2.75) is 38.1 Å². The monoisotopic (exact) mass is 293 g/mol. The molecule has 2 amide bonds. The van der Waals surface area contributed by atoms with Gasteiger partial charge in [0, 0.05) is 51.6 Å². The van der Waals surface area contributed by atoms with Crippen LogP contribution in [0.4, 0.5) is 0 Å². The first-order valence-corrected chi connectivity index (χ1v) is 7.83. The Labute approximate surface area is 127 Å². The highest BCUT2D eigenvalue weighted by molar-refractivity contribution is 5.78. The standard InChI is InChI=1S/C16H27N3O2/c1-4-5-6-15(21)19-12-11-18(3)16(13-19)8-7-14(20)17(2)10-9-16/h4-5H,6-13H2,1-3H3/b5-4+/t16-/m0/s1. The number of hydrogen-bond acceptors (Lipinski definition) is 3. The molecule has 5 nitrogen and oxygen atoms in total. The smallest absolute Gasteiger partial charge is 0.226 e. The predicted octanol–water partition coefficient (Wildman–Crippen LogP) is 1.11. The van der Waals surface area contributed by atoms with Gasteiger partial charge in [0.2, 0.25) is 11.8 Å². The minimum Gasteiger partial charge on any atom is -0.346 e. The van der Waals surface area contributed by atoms with Crippen LogP contribution in [0, 0.1) is 0 Å². The molecule has 2 rings (SSSR count). The van der Waals surface area contributed by atoms with Crippen LogP contribution >= 0.6 is 0 Å². The molecule has 2 saturated heterocycles. The summed E-state index contributed by atoms with van der Waals surface area (Å²) < 4.78 is 0. The molecule has 0 saturated carbocycles. The van der Waals surface area contributed by atoms with Crippen molar-refractivity contribution in [3.05, 3.63) is 12.2 Å². The van der Waals surface area contributed by atoms with E-state index in [1.807, 2.05) is 35.9 Å². The average Bonchev–Trinajstić information content (AvgIpc) is 2.62. The zero-order valence-electron chi connectivity index (χ0n) is 13.5. The molecule has 118 valence electrons. The number of carbonyl (C=O) groups is 2. The van der Waals surface area contributed by atoms with Crippen molar-refractivity contribution in [2.75, 3.05) is 40.3 Å². The molecule has 2 aliphatic rings. The SMILES string of the molecule is C/C=C/CC(=O)N1CCN(C)[C@]2(CCC(=O)N(C)CC2)C1. The molecular formula is C16H27N3O2. The summed E-state index contributed by atoms with van der Waals surface area (Å²) in [6.07, 6.45) is 6.69. The summed E-state index contributed by atoms with van der Waals surface area (Å²) in [6, 6.07) is 0. The summed E-state index contributed by atoms with van der Waals surface area (Å²) in [5.74, 6) is 0.419. The van der Waals surface area contributed by atoms with Crippen LogP contribution in [0.3, 0.4) is 0 Å². The molecule has 0 aliphatic carbocycles. The first-order chi connectivity index (χ1) is 9.98. The van der Waals surface area contributed by atoms with Crippen molar-refractivity contribution in [2.24, 2.45) is 0 Å². The molecular weight excluding hydrogens is 266 g/mol. The van der Waals surface area contributed by atoms with Crippen molar-refractivity contribution in [3.8, 4) is 0 Å². The predicted molar refractivity (Wildman–Crippen MR) is 82.9 cm³/mol. The molecule has 2 fully saturated rings. The minimum atomic E-state index is -0.0374. The number of carbonyl (C=O) groups excluding carboxylic acids is 2. The Balaban J connectivity index is 2.09. The van der Waals surface area contributed by atoms with Crippen molar-refractivity contribution >= 4 is 11.8 Å². The molecule has 5 heteroatoms. The quantitative estimate of drug-likeness (QED) is 0.716. The lowest BCUT2D eigenvalue weighted by Gasteiger charge is -2.49. The topological polar surface area (TPSA) is 43.9 Å². The summed E-state index contributed by atoms with van der Waals surface area (Å²) in [5, 5.41) is 0. The molecule has 0 unspecified atom stereocenters. The van der Waals surface area contributed by atoms with E-state index in [0.29, 0.717) is 12.8 Å². The average molecular weight is 293 g/mol. The van der Waals surface area contributed by atoms with E-state index in [2.05, 4.69) is 11.9 Å². The van der Waals surface area contributed by atoms with E-state index in [4.69, 9.17) is 0 Å². The van der Waals surface area contributed by atoms with Gasteiger partial charge in [0.25, 0.3) is 0 Å². The molecule has 1 atom stereocenters. The zero-order valence-corrected chi connectivity index (χ0v) is 13.5. The number of nitrogens with zero attached hydrogens (tertiary/aromatic N) is 3. The summed E-state index contributed by atoms with van der Waals surface area (Å²) in [7, 11) is 4.00. The van der Waals surface area contributed by atoms with Crippen LogP contribution < -0.4 is 0 Å². The highest BCUT2D eigenvalue weighted by Crippen LogP contribution is 2.32. The first kappa shape index (κ1) is 16.0. The number of rotatable bonds is 2. The lowest BCUT2D eigenvalue weighted by molar-refractivity contribution is -0.136. The maximum atomic E-state index is 12.3. The molecule has 0 bridgehead atoms. The van der Waals surface area contributed by atoms with E-state index in [-0.39, 0.29) is 17.4 Å². The van der Waals surface area contributed by atoms with Crippen molar-refractivity contribution in [1.82, 2.24) is 14.7 Å². The molecule has 21 heavy (non-hydrogen) atoms. The Morgan fingerprint density at radius 2 is 2.00 bits per heavy atom. The Bertz CT molecular complexity index is 435. The molecule has 0 aromatic heterocycles. The third kappa shape index (κ3) is 3.46. The van der Waals surface area contributed by atoms with Crippen LogP contribution in [0.25, 0.3) is 0 Å². The maximum absolute atomic E-state index is 12.3. The number of hydrogen-bond donors (Lipinski definition) is 0. The lowest BCUT2D eigenvalue weighted by Crippen LogP contribution is -2.62. The van der Waals surface area contributed by atoms with Gasteiger partial charge in [-0.3, -0.25) is 14.5 Å². The van der Waals surface area contributed by atoms with E-state index in [9.17, 15) is 9.59 Å². The molecule has 0 aromatic rings. The lowest BCUT2D eigenvalue weighted by atomic mass is 9.86. The first-order valence-electron chi connectivity index (χ1n) is 7.83. The fraction of sp³-hybridized carbons (Fsp3) is 0.750. The zero-order chi connectivity index (χ0) is 15.5. The van der Waals surface area contributed by atoms with Crippen molar-refractivity contribution in [1.29, 1.82) is 0 Å². The summed E-state index contributed by atoms with van der Waals surface area (Å²) >= 11 is 0. The summed E-state index contributed by atoms with van der Waals surface area (Å²) in [5.41, 5.74) is -0.0374. The van der Waals surface area contributed by atoms with Crippen LogP contribution in [0.2, 0.25) is 0 Å². The van der Waals surface area contributed by atoms with Crippen LogP contribution in [-0.2, 0) is 9.59 Å². The van der Waals surface area contributed by atoms with E-state index in [1.54, 1.807) is 0 Å². The van der Waals surface area contributed by atoms with E-state index < -0.39 is 0 Å². The Kier molecular flexibility index (Phi) is 5.04. The number of allylic oxidation sites excluding steroid dienone is 1. The molecule has 1 spiro atoms. The third-order valence-electron chi connectivity index (χ3n) is 5.02. The second-order valence-electron chi connectivity index (χ2n) is 6.30. The van der Waals surface area contributed by atoms with Gasteiger partial charge in [-0.25, -0.2) is 0 Å². The number of amides is 2. The van der Waals surface area contributed by atoms with Crippen molar-refractivity contribution < 1.29 is 9.59 Å². The molecule has 2 heterocycles. The van der Waals surface area contributed by atoms with Gasteiger partial charge < -0.3 is 9.80 Å². The third-order valence-corrected chi connectivity index (χ3v) is 5.02. The van der Waals surface area contributed by atoms with Crippen LogP contribution in [0.5, 0.6) is 0 Å².